The number of piperazine rings is 1. The molecular weight excluding hydrogens is 304 g/mol. The number of hydrogen-bond donors (Lipinski definition) is 0. The van der Waals surface area contributed by atoms with Crippen LogP contribution >= 0.6 is 0 Å². The van der Waals surface area contributed by atoms with Gasteiger partial charge in [0.15, 0.2) is 0 Å². The highest BCUT2D eigenvalue weighted by atomic mass is 32.2. The summed E-state index contributed by atoms with van der Waals surface area (Å²) in [5.74, 6) is 0.452. The van der Waals surface area contributed by atoms with Crippen LogP contribution in [0.25, 0.3) is 0 Å². The molecule has 0 aromatic heterocycles. The molecule has 0 radical (unpaired) electrons. The van der Waals surface area contributed by atoms with Crippen molar-refractivity contribution < 1.29 is 17.9 Å². The van der Waals surface area contributed by atoms with E-state index in [1.54, 1.807) is 19.1 Å². The van der Waals surface area contributed by atoms with E-state index in [-0.39, 0.29) is 10.7 Å². The van der Waals surface area contributed by atoms with E-state index in [0.29, 0.717) is 38.5 Å². The van der Waals surface area contributed by atoms with E-state index >= 15 is 0 Å². The monoisotopic (exact) mass is 326 g/mol. The Morgan fingerprint density at radius 3 is 2.41 bits per heavy atom. The Morgan fingerprint density at radius 2 is 1.86 bits per heavy atom. The van der Waals surface area contributed by atoms with Crippen LogP contribution in [-0.4, -0.2) is 63.2 Å². The number of Topliss-reactive ketones (excluding diaryl/α,β-unsaturated/α-hetero) is 1. The van der Waals surface area contributed by atoms with Gasteiger partial charge in [-0.25, -0.2) is 8.42 Å². The zero-order valence-electron chi connectivity index (χ0n) is 13.2. The van der Waals surface area contributed by atoms with Crippen LogP contribution in [0.1, 0.15) is 12.5 Å². The van der Waals surface area contributed by atoms with E-state index in [2.05, 4.69) is 0 Å². The number of carbonyl (C=O) groups excluding carboxylic acids is 1. The highest BCUT2D eigenvalue weighted by molar-refractivity contribution is 7.89. The van der Waals surface area contributed by atoms with Gasteiger partial charge in [-0.1, -0.05) is 6.07 Å². The predicted molar refractivity (Wildman–Crippen MR) is 83.6 cm³/mol. The second-order valence-corrected chi connectivity index (χ2v) is 7.44. The van der Waals surface area contributed by atoms with Crippen LogP contribution < -0.4 is 4.74 Å². The maximum atomic E-state index is 12.8. The van der Waals surface area contributed by atoms with Gasteiger partial charge in [0.25, 0.3) is 0 Å². The summed E-state index contributed by atoms with van der Waals surface area (Å²) in [5, 5.41) is 0. The van der Waals surface area contributed by atoms with Crippen LogP contribution in [0.15, 0.2) is 23.1 Å². The molecule has 1 saturated heterocycles. The average molecular weight is 326 g/mol. The molecule has 0 bridgehead atoms. The Kier molecular flexibility index (Phi) is 5.20. The Morgan fingerprint density at radius 1 is 1.23 bits per heavy atom. The van der Waals surface area contributed by atoms with Gasteiger partial charge in [0, 0.05) is 26.2 Å². The smallest absolute Gasteiger partial charge is 0.246 e. The number of carbonyl (C=O) groups is 1. The Balaban J connectivity index is 2.19. The van der Waals surface area contributed by atoms with Crippen LogP contribution in [0.3, 0.4) is 0 Å². The maximum absolute atomic E-state index is 12.8. The average Bonchev–Trinajstić information content (AvgIpc) is 2.47. The number of benzene rings is 1. The molecule has 0 atom stereocenters. The van der Waals surface area contributed by atoms with E-state index < -0.39 is 10.0 Å². The minimum Gasteiger partial charge on any atom is -0.495 e. The summed E-state index contributed by atoms with van der Waals surface area (Å²) in [4.78, 5) is 13.3. The minimum absolute atomic E-state index is 0.0941. The largest absolute Gasteiger partial charge is 0.495 e. The van der Waals surface area contributed by atoms with Crippen molar-refractivity contribution in [3.63, 3.8) is 0 Å². The molecule has 1 aromatic rings. The van der Waals surface area contributed by atoms with E-state index in [0.717, 1.165) is 5.56 Å². The van der Waals surface area contributed by atoms with Gasteiger partial charge in [0.05, 0.1) is 13.7 Å². The van der Waals surface area contributed by atoms with Crippen LogP contribution in [0, 0.1) is 6.92 Å². The van der Waals surface area contributed by atoms with Crippen LogP contribution in [0.5, 0.6) is 5.75 Å². The van der Waals surface area contributed by atoms with Crippen molar-refractivity contribution in [1.29, 1.82) is 0 Å². The fourth-order valence-electron chi connectivity index (χ4n) is 2.57. The molecule has 6 nitrogen and oxygen atoms in total. The molecule has 1 aliphatic rings. The third-order valence-corrected chi connectivity index (χ3v) is 5.63. The standard InChI is InChI=1S/C15H22N2O4S/c1-12-4-5-14(21-3)15(10-12)22(19,20)17-8-6-16(7-9-17)11-13(2)18/h4-5,10H,6-9,11H2,1-3H3. The first-order valence-electron chi connectivity index (χ1n) is 7.21. The molecule has 0 saturated carbocycles. The Bertz CT molecular complexity index is 650. The summed E-state index contributed by atoms with van der Waals surface area (Å²) in [6, 6.07) is 5.13. The zero-order valence-corrected chi connectivity index (χ0v) is 14.0. The van der Waals surface area contributed by atoms with Crippen LogP contribution in [0.2, 0.25) is 0 Å². The lowest BCUT2D eigenvalue weighted by molar-refractivity contribution is -0.118. The topological polar surface area (TPSA) is 66.9 Å². The minimum atomic E-state index is -3.58. The number of methoxy groups -OCH3 is 1. The number of ether oxygens (including phenoxy) is 1. The number of hydrogen-bond acceptors (Lipinski definition) is 5. The Labute approximate surface area is 131 Å². The molecular formula is C15H22N2O4S. The van der Waals surface area contributed by atoms with Gasteiger partial charge in [0.2, 0.25) is 10.0 Å². The van der Waals surface area contributed by atoms with Gasteiger partial charge in [-0.3, -0.25) is 9.69 Å². The number of ketones is 1. The first kappa shape index (κ1) is 16.9. The molecule has 0 N–H and O–H groups in total. The van der Waals surface area contributed by atoms with Crippen molar-refractivity contribution in [2.45, 2.75) is 18.7 Å². The summed E-state index contributed by atoms with van der Waals surface area (Å²) in [6.07, 6.45) is 0. The molecule has 7 heteroatoms. The lowest BCUT2D eigenvalue weighted by Crippen LogP contribution is -2.49. The van der Waals surface area contributed by atoms with Crippen molar-refractivity contribution in [3.8, 4) is 5.75 Å². The lowest BCUT2D eigenvalue weighted by Gasteiger charge is -2.33. The quantitative estimate of drug-likeness (QED) is 0.804. The maximum Gasteiger partial charge on any atom is 0.246 e. The van der Waals surface area contributed by atoms with Crippen molar-refractivity contribution in [3.05, 3.63) is 23.8 Å². The fraction of sp³-hybridized carbons (Fsp3) is 0.533. The van der Waals surface area contributed by atoms with Crippen LogP contribution in [0.4, 0.5) is 0 Å². The van der Waals surface area contributed by atoms with E-state index in [1.165, 1.54) is 11.4 Å². The predicted octanol–water partition coefficient (Wildman–Crippen LogP) is 0.899. The van der Waals surface area contributed by atoms with Gasteiger partial charge >= 0.3 is 0 Å². The third kappa shape index (κ3) is 3.66. The molecule has 22 heavy (non-hydrogen) atoms. The summed E-state index contributed by atoms with van der Waals surface area (Å²) >= 11 is 0. The molecule has 0 spiro atoms. The zero-order chi connectivity index (χ0) is 16.3. The molecule has 2 rings (SSSR count). The van der Waals surface area contributed by atoms with E-state index in [9.17, 15) is 13.2 Å². The van der Waals surface area contributed by atoms with Gasteiger partial charge in [0.1, 0.15) is 16.4 Å². The van der Waals surface area contributed by atoms with Gasteiger partial charge < -0.3 is 4.74 Å². The number of aryl methyl sites for hydroxylation is 1. The Hall–Kier alpha value is -1.44. The summed E-state index contributed by atoms with van der Waals surface area (Å²) in [5.41, 5.74) is 0.870. The SMILES string of the molecule is COc1ccc(C)cc1S(=O)(=O)N1CCN(CC(C)=O)CC1. The molecule has 0 amide bonds. The van der Waals surface area contributed by atoms with E-state index in [1.807, 2.05) is 17.9 Å². The van der Waals surface area contributed by atoms with Crippen LogP contribution in [-0.2, 0) is 14.8 Å². The second-order valence-electron chi connectivity index (χ2n) is 5.54. The van der Waals surface area contributed by atoms with Crippen molar-refractivity contribution in [2.24, 2.45) is 0 Å². The van der Waals surface area contributed by atoms with Crippen molar-refractivity contribution in [1.82, 2.24) is 9.21 Å². The number of nitrogens with zero attached hydrogens (tertiary/aromatic N) is 2. The molecule has 0 aliphatic carbocycles. The van der Waals surface area contributed by atoms with Gasteiger partial charge in [-0.05, 0) is 31.5 Å². The highest BCUT2D eigenvalue weighted by Crippen LogP contribution is 2.28. The molecule has 1 aliphatic heterocycles. The highest BCUT2D eigenvalue weighted by Gasteiger charge is 2.31. The summed E-state index contributed by atoms with van der Waals surface area (Å²) in [6.45, 7) is 5.66. The van der Waals surface area contributed by atoms with Gasteiger partial charge in [-0.15, -0.1) is 0 Å². The third-order valence-electron chi connectivity index (χ3n) is 3.71. The molecule has 1 heterocycles. The molecule has 1 fully saturated rings. The first-order chi connectivity index (χ1) is 10.3. The molecule has 0 unspecified atom stereocenters. The second kappa shape index (κ2) is 6.76. The lowest BCUT2D eigenvalue weighted by atomic mass is 10.2. The first-order valence-corrected chi connectivity index (χ1v) is 8.65. The van der Waals surface area contributed by atoms with Gasteiger partial charge in [-0.2, -0.15) is 4.31 Å². The summed E-state index contributed by atoms with van der Waals surface area (Å²) in [7, 11) is -2.12. The number of sulfonamides is 1. The van der Waals surface area contributed by atoms with E-state index in [4.69, 9.17) is 4.74 Å². The normalized spacial score (nSPS) is 17.4. The number of rotatable bonds is 5. The molecule has 122 valence electrons. The van der Waals surface area contributed by atoms with Crippen molar-refractivity contribution in [2.75, 3.05) is 39.8 Å². The fourth-order valence-corrected chi connectivity index (χ4v) is 4.23. The summed E-state index contributed by atoms with van der Waals surface area (Å²) < 4.78 is 32.3. The van der Waals surface area contributed by atoms with Crippen molar-refractivity contribution >= 4 is 15.8 Å². The molecule has 1 aromatic carbocycles.